The predicted octanol–water partition coefficient (Wildman–Crippen LogP) is 5.00. The van der Waals surface area contributed by atoms with Gasteiger partial charge < -0.3 is 18.9 Å². The van der Waals surface area contributed by atoms with E-state index in [0.29, 0.717) is 0 Å². The van der Waals surface area contributed by atoms with Crippen LogP contribution in [0, 0.1) is 0 Å². The van der Waals surface area contributed by atoms with E-state index in [0.717, 1.165) is 0 Å². The second-order valence-corrected chi connectivity index (χ2v) is 8.39. The van der Waals surface area contributed by atoms with E-state index in [1.54, 1.807) is 27.7 Å². The molecular formula is C17H24F6O5. The zero-order valence-electron chi connectivity index (χ0n) is 16.8. The van der Waals surface area contributed by atoms with Crippen molar-refractivity contribution in [3.8, 4) is 0 Å². The fourth-order valence-electron chi connectivity index (χ4n) is 2.10. The molecule has 2 saturated heterocycles. The van der Waals surface area contributed by atoms with Crippen molar-refractivity contribution in [3.63, 3.8) is 0 Å². The van der Waals surface area contributed by atoms with Crippen molar-refractivity contribution in [2.24, 2.45) is 0 Å². The van der Waals surface area contributed by atoms with Crippen LogP contribution in [0.2, 0.25) is 0 Å². The maximum Gasteiger partial charge on any atom is 0.454 e. The zero-order chi connectivity index (χ0) is 22.6. The smallest absolute Gasteiger partial charge is 0.451 e. The summed E-state index contributed by atoms with van der Waals surface area (Å²) in [7, 11) is 0. The van der Waals surface area contributed by atoms with Gasteiger partial charge in [-0.25, -0.2) is 0 Å². The quantitative estimate of drug-likeness (QED) is 0.440. The first-order valence-electron chi connectivity index (χ1n) is 8.22. The molecule has 2 rings (SSSR count). The van der Waals surface area contributed by atoms with Crippen molar-refractivity contribution in [3.05, 3.63) is 12.0 Å². The van der Waals surface area contributed by atoms with Crippen LogP contribution < -0.4 is 0 Å². The van der Waals surface area contributed by atoms with E-state index >= 15 is 0 Å². The third kappa shape index (κ3) is 4.10. The number of alkyl halides is 3. The summed E-state index contributed by atoms with van der Waals surface area (Å²) in [5.74, 6) is -4.45. The van der Waals surface area contributed by atoms with Gasteiger partial charge in [0.05, 0.1) is 11.2 Å². The molecular weight excluding hydrogens is 398 g/mol. The molecule has 164 valence electrons. The third-order valence-corrected chi connectivity index (χ3v) is 5.18. The van der Waals surface area contributed by atoms with E-state index in [2.05, 4.69) is 9.47 Å². The van der Waals surface area contributed by atoms with Gasteiger partial charge in [0.25, 0.3) is 0 Å². The number of carbonyl (C=O) groups excluding carboxylic acids is 1. The zero-order valence-corrected chi connectivity index (χ0v) is 16.8. The average molecular weight is 422 g/mol. The predicted molar refractivity (Wildman–Crippen MR) is 84.8 cm³/mol. The minimum absolute atomic E-state index is 0.648. The highest BCUT2D eigenvalue weighted by Crippen LogP contribution is 2.51. The number of hydrogen-bond donors (Lipinski definition) is 0. The molecule has 0 radical (unpaired) electrons. The van der Waals surface area contributed by atoms with Crippen LogP contribution in [0.3, 0.4) is 0 Å². The first-order chi connectivity index (χ1) is 12.1. The van der Waals surface area contributed by atoms with Crippen molar-refractivity contribution < 1.29 is 50.1 Å². The highest BCUT2D eigenvalue weighted by molar-refractivity contribution is 5.78. The summed E-state index contributed by atoms with van der Waals surface area (Å²) in [5.41, 5.74) is -4.31. The molecule has 0 aliphatic carbocycles. The lowest BCUT2D eigenvalue weighted by Gasteiger charge is -2.29. The van der Waals surface area contributed by atoms with Crippen LogP contribution in [0.4, 0.5) is 26.3 Å². The lowest BCUT2D eigenvalue weighted by molar-refractivity contribution is -0.342. The van der Waals surface area contributed by atoms with Gasteiger partial charge in [-0.2, -0.15) is 26.3 Å². The van der Waals surface area contributed by atoms with Gasteiger partial charge >= 0.3 is 30.0 Å². The van der Waals surface area contributed by atoms with Crippen molar-refractivity contribution >= 4 is 6.04 Å². The van der Waals surface area contributed by atoms with E-state index in [4.69, 9.17) is 9.47 Å². The Hall–Kier alpha value is -1.49. The normalized spacial score (nSPS) is 25.9. The third-order valence-electron chi connectivity index (χ3n) is 5.18. The van der Waals surface area contributed by atoms with Gasteiger partial charge in [-0.3, -0.25) is 4.79 Å². The molecule has 0 saturated carbocycles. The fourth-order valence-corrected chi connectivity index (χ4v) is 2.10. The second kappa shape index (κ2) is 6.79. The highest BCUT2D eigenvalue weighted by atomic mass is 19.4. The van der Waals surface area contributed by atoms with E-state index in [1.165, 1.54) is 27.7 Å². The van der Waals surface area contributed by atoms with Gasteiger partial charge in [-0.1, -0.05) is 0 Å². The van der Waals surface area contributed by atoms with Crippen LogP contribution >= 0.6 is 0 Å². The van der Waals surface area contributed by atoms with Crippen LogP contribution in [-0.4, -0.2) is 40.4 Å². The van der Waals surface area contributed by atoms with Gasteiger partial charge in [0.1, 0.15) is 11.2 Å². The molecule has 0 aromatic rings. The molecule has 5 nitrogen and oxygen atoms in total. The molecule has 0 N–H and O–H groups in total. The maximum absolute atomic E-state index is 12.6. The van der Waals surface area contributed by atoms with Crippen LogP contribution in [0.1, 0.15) is 55.4 Å². The summed E-state index contributed by atoms with van der Waals surface area (Å²) in [5, 5.41) is 0. The summed E-state index contributed by atoms with van der Waals surface area (Å²) in [6, 6.07) is -2.70. The molecule has 28 heavy (non-hydrogen) atoms. The molecule has 0 unspecified atom stereocenters. The van der Waals surface area contributed by atoms with Gasteiger partial charge in [-0.15, -0.1) is 0 Å². The summed E-state index contributed by atoms with van der Waals surface area (Å²) in [6.45, 7) is 12.0. The fraction of sp³-hybridized carbons (Fsp3) is 0.824. The number of hydrogen-bond acceptors (Lipinski definition) is 5. The summed E-state index contributed by atoms with van der Waals surface area (Å²) in [6.07, 6.45) is -7.17. The number of carbonyl (C=O) groups is 1. The van der Waals surface area contributed by atoms with Gasteiger partial charge in [0, 0.05) is 0 Å². The molecule has 0 spiro atoms. The van der Waals surface area contributed by atoms with Crippen molar-refractivity contribution in [2.45, 2.75) is 89.8 Å². The molecule has 2 aliphatic rings. The molecule has 11 heteroatoms. The molecule has 0 aromatic carbocycles. The molecule has 2 heterocycles. The minimum atomic E-state index is -5.26. The topological polar surface area (TPSA) is 54.0 Å². The van der Waals surface area contributed by atoms with E-state index < -0.39 is 52.4 Å². The maximum atomic E-state index is 12.6. The SMILES string of the molecule is CC1(C)OC(=C(F)F)OC1(C)C.CC1(C)OC(C(=O)F)(C(F)(F)F)OC1(C)C. The van der Waals surface area contributed by atoms with Crippen molar-refractivity contribution in [2.75, 3.05) is 0 Å². The van der Waals surface area contributed by atoms with Crippen molar-refractivity contribution in [1.29, 1.82) is 0 Å². The minimum Gasteiger partial charge on any atom is -0.451 e. The van der Waals surface area contributed by atoms with Crippen LogP contribution in [0.25, 0.3) is 0 Å². The Morgan fingerprint density at radius 1 is 0.714 bits per heavy atom. The van der Waals surface area contributed by atoms with E-state index in [-0.39, 0.29) is 0 Å². The number of ether oxygens (including phenoxy) is 4. The summed E-state index contributed by atoms with van der Waals surface area (Å²) in [4.78, 5) is 10.6. The monoisotopic (exact) mass is 422 g/mol. The summed E-state index contributed by atoms with van der Waals surface area (Å²) < 4.78 is 93.6. The van der Waals surface area contributed by atoms with Gasteiger partial charge in [0.2, 0.25) is 0 Å². The summed E-state index contributed by atoms with van der Waals surface area (Å²) >= 11 is 0. The van der Waals surface area contributed by atoms with Crippen LogP contribution in [0.5, 0.6) is 0 Å². The molecule has 0 bridgehead atoms. The highest BCUT2D eigenvalue weighted by Gasteiger charge is 2.74. The van der Waals surface area contributed by atoms with Crippen molar-refractivity contribution in [1.82, 2.24) is 0 Å². The number of rotatable bonds is 1. The molecule has 2 fully saturated rings. The van der Waals surface area contributed by atoms with Gasteiger partial charge in [0.15, 0.2) is 0 Å². The van der Waals surface area contributed by atoms with Crippen LogP contribution in [0.15, 0.2) is 12.0 Å². The standard InChI is InChI=1S/C9H12F4O3.C8H12F2O2/c1-6(2)7(3,4)16-8(15-6,5(10)14)9(11,12)13;1-7(2)8(3,4)12-6(11-7)5(9)10/h1-4H3;1-4H3. The Bertz CT molecular complexity index is 625. The molecule has 0 aromatic heterocycles. The van der Waals surface area contributed by atoms with E-state index in [1.807, 2.05) is 0 Å². The first-order valence-corrected chi connectivity index (χ1v) is 8.22. The first kappa shape index (κ1) is 24.5. The second-order valence-electron chi connectivity index (χ2n) is 8.39. The average Bonchev–Trinajstić information content (AvgIpc) is 2.77. The van der Waals surface area contributed by atoms with Gasteiger partial charge in [-0.05, 0) is 55.4 Å². The Labute approximate surface area is 158 Å². The lowest BCUT2D eigenvalue weighted by atomic mass is 9.90. The largest absolute Gasteiger partial charge is 0.454 e. The molecule has 0 amide bonds. The lowest BCUT2D eigenvalue weighted by Crippen LogP contribution is -2.53. The number of halogens is 6. The Kier molecular flexibility index (Phi) is 5.95. The molecule has 2 aliphatic heterocycles. The molecule has 0 atom stereocenters. The Morgan fingerprint density at radius 3 is 1.18 bits per heavy atom. The Balaban J connectivity index is 0.000000292. The van der Waals surface area contributed by atoms with E-state index in [9.17, 15) is 31.1 Å². The van der Waals surface area contributed by atoms with Crippen LogP contribution in [-0.2, 0) is 23.7 Å². The Morgan fingerprint density at radius 2 is 1.04 bits per heavy atom.